The Morgan fingerprint density at radius 1 is 1.15 bits per heavy atom. The zero-order valence-corrected chi connectivity index (χ0v) is 11.9. The molecular weight excluding hydrogens is 250 g/mol. The number of carbonyl (C=O) groups excluding carboxylic acids is 1. The Hall–Kier alpha value is -1.87. The third-order valence-electron chi connectivity index (χ3n) is 3.89. The molecule has 0 bridgehead atoms. The Kier molecular flexibility index (Phi) is 3.45. The van der Waals surface area contributed by atoms with E-state index in [1.54, 1.807) is 0 Å². The van der Waals surface area contributed by atoms with Crippen LogP contribution in [-0.4, -0.2) is 36.1 Å². The van der Waals surface area contributed by atoms with Gasteiger partial charge >= 0.3 is 0 Å². The van der Waals surface area contributed by atoms with Crippen LogP contribution >= 0.6 is 0 Å². The third-order valence-corrected chi connectivity index (χ3v) is 3.89. The van der Waals surface area contributed by atoms with Gasteiger partial charge < -0.3 is 9.64 Å². The van der Waals surface area contributed by atoms with Gasteiger partial charge in [0.2, 0.25) is 0 Å². The molecule has 2 aromatic carbocycles. The molecule has 0 spiro atoms. The maximum absolute atomic E-state index is 12.8. The van der Waals surface area contributed by atoms with Gasteiger partial charge in [-0.15, -0.1) is 0 Å². The second-order valence-corrected chi connectivity index (χ2v) is 5.48. The fourth-order valence-electron chi connectivity index (χ4n) is 2.75. The highest BCUT2D eigenvalue weighted by molar-refractivity contribution is 6.07. The van der Waals surface area contributed by atoms with Crippen molar-refractivity contribution < 1.29 is 9.53 Å². The molecule has 1 aliphatic heterocycles. The van der Waals surface area contributed by atoms with Crippen molar-refractivity contribution >= 4 is 16.7 Å². The molecule has 2 atom stereocenters. The van der Waals surface area contributed by atoms with E-state index >= 15 is 0 Å². The number of hydrogen-bond donors (Lipinski definition) is 0. The quantitative estimate of drug-likeness (QED) is 0.796. The number of fused-ring (bicyclic) bond motifs is 1. The Morgan fingerprint density at radius 2 is 1.90 bits per heavy atom. The van der Waals surface area contributed by atoms with Crippen molar-refractivity contribution in [3.05, 3.63) is 48.0 Å². The van der Waals surface area contributed by atoms with E-state index in [1.165, 1.54) is 0 Å². The van der Waals surface area contributed by atoms with E-state index in [9.17, 15) is 4.79 Å². The molecule has 3 rings (SSSR count). The average molecular weight is 269 g/mol. The molecule has 0 saturated carbocycles. The van der Waals surface area contributed by atoms with Gasteiger partial charge in [0.15, 0.2) is 0 Å². The van der Waals surface area contributed by atoms with E-state index in [0.717, 1.165) is 16.3 Å². The number of rotatable bonds is 1. The minimum Gasteiger partial charge on any atom is -0.375 e. The molecule has 20 heavy (non-hydrogen) atoms. The monoisotopic (exact) mass is 269 g/mol. The zero-order valence-electron chi connectivity index (χ0n) is 11.9. The summed E-state index contributed by atoms with van der Waals surface area (Å²) in [5.41, 5.74) is 0.782. The number of amides is 1. The van der Waals surface area contributed by atoms with Crippen LogP contribution in [0.3, 0.4) is 0 Å². The van der Waals surface area contributed by atoms with Crippen LogP contribution < -0.4 is 0 Å². The Bertz CT molecular complexity index is 632. The van der Waals surface area contributed by atoms with Crippen molar-refractivity contribution in [2.24, 2.45) is 0 Å². The summed E-state index contributed by atoms with van der Waals surface area (Å²) < 4.78 is 5.60. The Balaban J connectivity index is 2.00. The molecule has 3 heteroatoms. The standard InChI is InChI=1S/C17H19NO2/c1-12-11-20-13(2)10-18(12)17(19)16-9-5-7-14-6-3-4-8-15(14)16/h3-9,12-13H,10-11H2,1-2H3. The van der Waals surface area contributed by atoms with Gasteiger partial charge in [-0.05, 0) is 30.7 Å². The van der Waals surface area contributed by atoms with Crippen molar-refractivity contribution in [2.75, 3.05) is 13.2 Å². The first-order valence-corrected chi connectivity index (χ1v) is 7.07. The average Bonchev–Trinajstić information content (AvgIpc) is 2.48. The number of hydrogen-bond acceptors (Lipinski definition) is 2. The molecule has 1 saturated heterocycles. The molecule has 2 unspecified atom stereocenters. The van der Waals surface area contributed by atoms with Crippen molar-refractivity contribution in [1.82, 2.24) is 4.90 Å². The minimum absolute atomic E-state index is 0.101. The molecular formula is C17H19NO2. The predicted octanol–water partition coefficient (Wildman–Crippen LogP) is 3.09. The molecule has 3 nitrogen and oxygen atoms in total. The predicted molar refractivity (Wildman–Crippen MR) is 79.9 cm³/mol. The van der Waals surface area contributed by atoms with Gasteiger partial charge in [-0.1, -0.05) is 36.4 Å². The summed E-state index contributed by atoms with van der Waals surface area (Å²) in [6.45, 7) is 5.31. The molecule has 104 valence electrons. The molecule has 1 fully saturated rings. The fraction of sp³-hybridized carbons (Fsp3) is 0.353. The van der Waals surface area contributed by atoms with Gasteiger partial charge in [-0.25, -0.2) is 0 Å². The molecule has 1 heterocycles. The van der Waals surface area contributed by atoms with Crippen molar-refractivity contribution in [3.63, 3.8) is 0 Å². The zero-order chi connectivity index (χ0) is 14.1. The van der Waals surface area contributed by atoms with E-state index in [4.69, 9.17) is 4.74 Å². The lowest BCUT2D eigenvalue weighted by Crippen LogP contribution is -2.50. The second kappa shape index (κ2) is 5.25. The largest absolute Gasteiger partial charge is 0.375 e. The second-order valence-electron chi connectivity index (χ2n) is 5.48. The van der Waals surface area contributed by atoms with E-state index in [1.807, 2.05) is 61.2 Å². The van der Waals surface area contributed by atoms with E-state index in [-0.39, 0.29) is 18.1 Å². The number of morpholine rings is 1. The van der Waals surface area contributed by atoms with Crippen molar-refractivity contribution in [1.29, 1.82) is 0 Å². The molecule has 0 radical (unpaired) electrons. The van der Waals surface area contributed by atoms with Crippen LogP contribution in [0.5, 0.6) is 0 Å². The highest BCUT2D eigenvalue weighted by Gasteiger charge is 2.28. The van der Waals surface area contributed by atoms with Crippen molar-refractivity contribution in [2.45, 2.75) is 26.0 Å². The Morgan fingerprint density at radius 3 is 2.75 bits per heavy atom. The normalized spacial score (nSPS) is 23.0. The molecule has 1 amide bonds. The van der Waals surface area contributed by atoms with Crippen LogP contribution in [0.2, 0.25) is 0 Å². The van der Waals surface area contributed by atoms with E-state index in [0.29, 0.717) is 13.2 Å². The molecule has 0 aliphatic carbocycles. The SMILES string of the molecule is CC1CN(C(=O)c2cccc3ccccc23)C(C)CO1. The van der Waals surface area contributed by atoms with Gasteiger partial charge in [-0.3, -0.25) is 4.79 Å². The van der Waals surface area contributed by atoms with Gasteiger partial charge in [0.05, 0.1) is 18.8 Å². The lowest BCUT2D eigenvalue weighted by molar-refractivity contribution is -0.0386. The third kappa shape index (κ3) is 2.29. The number of benzene rings is 2. The smallest absolute Gasteiger partial charge is 0.254 e. The maximum atomic E-state index is 12.8. The van der Waals surface area contributed by atoms with Gasteiger partial charge in [0.1, 0.15) is 0 Å². The van der Waals surface area contributed by atoms with Crippen LogP contribution in [0.4, 0.5) is 0 Å². The number of carbonyl (C=O) groups is 1. The lowest BCUT2D eigenvalue weighted by atomic mass is 10.0. The van der Waals surface area contributed by atoms with Crippen LogP contribution in [0, 0.1) is 0 Å². The maximum Gasteiger partial charge on any atom is 0.254 e. The van der Waals surface area contributed by atoms with E-state index < -0.39 is 0 Å². The summed E-state index contributed by atoms with van der Waals surface area (Å²) in [6, 6.07) is 14.0. The number of nitrogens with zero attached hydrogens (tertiary/aromatic N) is 1. The molecule has 2 aromatic rings. The Labute approximate surface area is 119 Å². The number of ether oxygens (including phenoxy) is 1. The summed E-state index contributed by atoms with van der Waals surface area (Å²) in [7, 11) is 0. The van der Waals surface area contributed by atoms with Gasteiger partial charge in [0.25, 0.3) is 5.91 Å². The van der Waals surface area contributed by atoms with Crippen molar-refractivity contribution in [3.8, 4) is 0 Å². The first-order chi connectivity index (χ1) is 9.66. The molecule has 1 aliphatic rings. The lowest BCUT2D eigenvalue weighted by Gasteiger charge is -2.37. The van der Waals surface area contributed by atoms with Crippen LogP contribution in [0.15, 0.2) is 42.5 Å². The van der Waals surface area contributed by atoms with E-state index in [2.05, 4.69) is 0 Å². The first kappa shape index (κ1) is 13.1. The first-order valence-electron chi connectivity index (χ1n) is 7.07. The summed E-state index contributed by atoms with van der Waals surface area (Å²) in [4.78, 5) is 14.8. The van der Waals surface area contributed by atoms with Crippen LogP contribution in [-0.2, 0) is 4.74 Å². The molecule has 0 N–H and O–H groups in total. The van der Waals surface area contributed by atoms with Gasteiger partial charge in [-0.2, -0.15) is 0 Å². The summed E-state index contributed by atoms with van der Waals surface area (Å²) in [5.74, 6) is 0.101. The highest BCUT2D eigenvalue weighted by atomic mass is 16.5. The fourth-order valence-corrected chi connectivity index (χ4v) is 2.75. The molecule has 0 aromatic heterocycles. The summed E-state index contributed by atoms with van der Waals surface area (Å²) >= 11 is 0. The topological polar surface area (TPSA) is 29.5 Å². The van der Waals surface area contributed by atoms with Gasteiger partial charge in [0, 0.05) is 12.1 Å². The van der Waals surface area contributed by atoms with Crippen LogP contribution in [0.25, 0.3) is 10.8 Å². The summed E-state index contributed by atoms with van der Waals surface area (Å²) in [5, 5.41) is 2.12. The highest BCUT2D eigenvalue weighted by Crippen LogP contribution is 2.22. The van der Waals surface area contributed by atoms with Crippen LogP contribution in [0.1, 0.15) is 24.2 Å². The summed E-state index contributed by atoms with van der Waals surface area (Å²) in [6.07, 6.45) is 0.102. The minimum atomic E-state index is 0.101.